The minimum atomic E-state index is 0.682. The molecule has 0 saturated heterocycles. The van der Waals surface area contributed by atoms with Crippen molar-refractivity contribution in [2.75, 3.05) is 0 Å². The largest absolute Gasteiger partial charge is 0.0628 e. The van der Waals surface area contributed by atoms with E-state index in [9.17, 15) is 0 Å². The normalized spacial score (nSPS) is 49.2. The quantitative estimate of drug-likeness (QED) is 0.596. The Morgan fingerprint density at radius 1 is 1.15 bits per heavy atom. The maximum atomic E-state index is 2.57. The van der Waals surface area contributed by atoms with Gasteiger partial charge in [0.25, 0.3) is 0 Å². The lowest BCUT2D eigenvalue weighted by Crippen LogP contribution is -2.31. The number of hydrogen-bond donors (Lipinski definition) is 0. The second-order valence-electron chi connectivity index (χ2n) is 6.35. The first-order chi connectivity index (χ1) is 5.98. The van der Waals surface area contributed by atoms with Gasteiger partial charge in [-0.2, -0.15) is 0 Å². The molecule has 2 aliphatic rings. The van der Waals surface area contributed by atoms with E-state index < -0.39 is 0 Å². The highest BCUT2D eigenvalue weighted by Crippen LogP contribution is 2.67. The minimum Gasteiger partial charge on any atom is -0.0628 e. The molecule has 0 spiro atoms. The summed E-state index contributed by atoms with van der Waals surface area (Å²) in [6, 6.07) is 0. The number of rotatable bonds is 2. The van der Waals surface area contributed by atoms with Crippen LogP contribution in [0.3, 0.4) is 0 Å². The molecule has 2 bridgehead atoms. The molecule has 13 heavy (non-hydrogen) atoms. The molecule has 2 saturated carbocycles. The van der Waals surface area contributed by atoms with Crippen molar-refractivity contribution < 1.29 is 0 Å². The fourth-order valence-electron chi connectivity index (χ4n) is 4.22. The highest BCUT2D eigenvalue weighted by molar-refractivity contribution is 5.07. The van der Waals surface area contributed by atoms with Crippen LogP contribution in [0.25, 0.3) is 0 Å². The molecule has 0 radical (unpaired) electrons. The summed E-state index contributed by atoms with van der Waals surface area (Å²) in [5.41, 5.74) is 1.38. The van der Waals surface area contributed by atoms with E-state index in [0.717, 1.165) is 11.8 Å². The van der Waals surface area contributed by atoms with E-state index >= 15 is 0 Å². The molecule has 0 amide bonds. The molecule has 0 aromatic rings. The molecule has 0 aromatic carbocycles. The van der Waals surface area contributed by atoms with Crippen LogP contribution in [-0.2, 0) is 0 Å². The van der Waals surface area contributed by atoms with Crippen LogP contribution in [0.1, 0.15) is 59.8 Å². The Balaban J connectivity index is 2.21. The zero-order valence-electron chi connectivity index (χ0n) is 9.69. The first-order valence-electron chi connectivity index (χ1n) is 5.98. The summed E-state index contributed by atoms with van der Waals surface area (Å²) in [7, 11) is 0. The molecule has 1 unspecified atom stereocenters. The van der Waals surface area contributed by atoms with Gasteiger partial charge >= 0.3 is 0 Å². The first kappa shape index (κ1) is 9.55. The zero-order chi connectivity index (χ0) is 9.69. The van der Waals surface area contributed by atoms with Gasteiger partial charge in [-0.3, -0.25) is 0 Å². The number of hydrogen-bond acceptors (Lipinski definition) is 0. The monoisotopic (exact) mass is 180 g/mol. The third-order valence-electron chi connectivity index (χ3n) is 5.20. The highest BCUT2D eigenvalue weighted by atomic mass is 14.6. The minimum absolute atomic E-state index is 0.682. The van der Waals surface area contributed by atoms with E-state index in [-0.39, 0.29) is 0 Å². The molecular weight excluding hydrogens is 156 g/mol. The molecule has 2 aliphatic carbocycles. The van der Waals surface area contributed by atoms with Crippen LogP contribution in [0.5, 0.6) is 0 Å². The third-order valence-corrected chi connectivity index (χ3v) is 5.20. The summed E-state index contributed by atoms with van der Waals surface area (Å²) in [4.78, 5) is 0. The van der Waals surface area contributed by atoms with Gasteiger partial charge in [-0.1, -0.05) is 27.7 Å². The second-order valence-corrected chi connectivity index (χ2v) is 6.35. The van der Waals surface area contributed by atoms with Crippen LogP contribution < -0.4 is 0 Å². The lowest BCUT2D eigenvalue weighted by atomic mass is 9.65. The Morgan fingerprint density at radius 2 is 1.69 bits per heavy atom. The van der Waals surface area contributed by atoms with Crippen molar-refractivity contribution in [2.45, 2.75) is 59.8 Å². The highest BCUT2D eigenvalue weighted by Gasteiger charge is 2.58. The SMILES string of the molecule is CC(C)CC1(C)C2CCC1(C)CC2. The number of fused-ring (bicyclic) bond motifs is 2. The van der Waals surface area contributed by atoms with Crippen LogP contribution in [0.4, 0.5) is 0 Å². The maximum absolute atomic E-state index is 2.57. The van der Waals surface area contributed by atoms with Crippen LogP contribution >= 0.6 is 0 Å². The Labute approximate surface area is 83.1 Å². The van der Waals surface area contributed by atoms with Crippen molar-refractivity contribution in [1.29, 1.82) is 0 Å². The molecule has 0 nitrogen and oxygen atoms in total. The van der Waals surface area contributed by atoms with Gasteiger partial charge < -0.3 is 0 Å². The summed E-state index contributed by atoms with van der Waals surface area (Å²) in [6.07, 6.45) is 7.48. The summed E-state index contributed by atoms with van der Waals surface area (Å²) in [5, 5.41) is 0. The summed E-state index contributed by atoms with van der Waals surface area (Å²) in [5.74, 6) is 1.93. The fourth-order valence-corrected chi connectivity index (χ4v) is 4.22. The topological polar surface area (TPSA) is 0 Å². The average Bonchev–Trinajstić information content (AvgIpc) is 2.36. The molecule has 2 fully saturated rings. The Morgan fingerprint density at radius 3 is 2.00 bits per heavy atom. The van der Waals surface area contributed by atoms with Gasteiger partial charge in [0.05, 0.1) is 0 Å². The molecule has 2 rings (SSSR count). The van der Waals surface area contributed by atoms with Gasteiger partial charge in [0.15, 0.2) is 0 Å². The Bertz CT molecular complexity index is 196. The van der Waals surface area contributed by atoms with E-state index in [2.05, 4.69) is 27.7 Å². The second kappa shape index (κ2) is 2.74. The van der Waals surface area contributed by atoms with Crippen LogP contribution in [-0.4, -0.2) is 0 Å². The molecule has 0 aliphatic heterocycles. The van der Waals surface area contributed by atoms with Gasteiger partial charge in [-0.25, -0.2) is 0 Å². The van der Waals surface area contributed by atoms with Gasteiger partial charge in [-0.05, 0) is 54.8 Å². The standard InChI is InChI=1S/C13H24/c1-10(2)9-13(4)11-5-7-12(13,3)8-6-11/h10-11H,5-9H2,1-4H3. The van der Waals surface area contributed by atoms with Crippen molar-refractivity contribution in [3.63, 3.8) is 0 Å². The molecule has 0 heterocycles. The van der Waals surface area contributed by atoms with Crippen LogP contribution in [0.15, 0.2) is 0 Å². The summed E-state index contributed by atoms with van der Waals surface area (Å²) in [6.45, 7) is 9.87. The van der Waals surface area contributed by atoms with Gasteiger partial charge in [0.2, 0.25) is 0 Å². The molecule has 0 aromatic heterocycles. The van der Waals surface area contributed by atoms with E-state index in [1.54, 1.807) is 0 Å². The predicted octanol–water partition coefficient (Wildman–Crippen LogP) is 4.25. The Kier molecular flexibility index (Phi) is 2.02. The lowest BCUT2D eigenvalue weighted by molar-refractivity contribution is 0.0966. The van der Waals surface area contributed by atoms with Gasteiger partial charge in [0.1, 0.15) is 0 Å². The summed E-state index contributed by atoms with van der Waals surface area (Å²) >= 11 is 0. The fraction of sp³-hybridized carbons (Fsp3) is 1.00. The molecule has 0 heteroatoms. The predicted molar refractivity (Wildman–Crippen MR) is 57.6 cm³/mol. The lowest BCUT2D eigenvalue weighted by Gasteiger charge is -2.39. The van der Waals surface area contributed by atoms with Gasteiger partial charge in [-0.15, -0.1) is 0 Å². The van der Waals surface area contributed by atoms with E-state index in [1.165, 1.54) is 32.1 Å². The molecule has 0 N–H and O–H groups in total. The third kappa shape index (κ3) is 1.17. The average molecular weight is 180 g/mol. The zero-order valence-corrected chi connectivity index (χ0v) is 9.69. The van der Waals surface area contributed by atoms with E-state index in [0.29, 0.717) is 10.8 Å². The van der Waals surface area contributed by atoms with E-state index in [4.69, 9.17) is 0 Å². The van der Waals surface area contributed by atoms with Crippen molar-refractivity contribution in [1.82, 2.24) is 0 Å². The van der Waals surface area contributed by atoms with Crippen molar-refractivity contribution in [3.8, 4) is 0 Å². The molecular formula is C13H24. The Hall–Kier alpha value is 0. The van der Waals surface area contributed by atoms with Crippen molar-refractivity contribution in [2.24, 2.45) is 22.7 Å². The summed E-state index contributed by atoms with van der Waals surface area (Å²) < 4.78 is 0. The van der Waals surface area contributed by atoms with E-state index in [1.807, 2.05) is 0 Å². The van der Waals surface area contributed by atoms with Gasteiger partial charge in [0, 0.05) is 0 Å². The van der Waals surface area contributed by atoms with Crippen molar-refractivity contribution >= 4 is 0 Å². The smallest absolute Gasteiger partial charge is 0.0241 e. The first-order valence-corrected chi connectivity index (χ1v) is 5.98. The van der Waals surface area contributed by atoms with Crippen molar-refractivity contribution in [3.05, 3.63) is 0 Å². The molecule has 76 valence electrons. The van der Waals surface area contributed by atoms with Crippen LogP contribution in [0, 0.1) is 22.7 Å². The van der Waals surface area contributed by atoms with Crippen LogP contribution in [0.2, 0.25) is 0 Å². The maximum Gasteiger partial charge on any atom is -0.0241 e. The molecule has 1 atom stereocenters.